The van der Waals surface area contributed by atoms with Crippen LogP contribution in [0.3, 0.4) is 0 Å². The summed E-state index contributed by atoms with van der Waals surface area (Å²) in [7, 11) is 1.44. The van der Waals surface area contributed by atoms with Gasteiger partial charge in [-0.15, -0.1) is 0 Å². The average molecular weight is 307 g/mol. The van der Waals surface area contributed by atoms with Crippen LogP contribution in [0.15, 0.2) is 23.3 Å². The summed E-state index contributed by atoms with van der Waals surface area (Å²) < 4.78 is 4.96. The van der Waals surface area contributed by atoms with Crippen molar-refractivity contribution in [3.05, 3.63) is 23.8 Å². The van der Waals surface area contributed by atoms with Gasteiger partial charge in [-0.25, -0.2) is 5.43 Å². The quantitative estimate of drug-likeness (QED) is 0.398. The predicted molar refractivity (Wildman–Crippen MR) is 82.9 cm³/mol. The summed E-state index contributed by atoms with van der Waals surface area (Å²) in [6.07, 6.45) is 0.982. The molecule has 0 aliphatic heterocycles. The number of carbonyl (C=O) groups is 2. The van der Waals surface area contributed by atoms with Crippen molar-refractivity contribution in [1.29, 1.82) is 0 Å². The van der Waals surface area contributed by atoms with Crippen molar-refractivity contribution in [2.24, 2.45) is 11.0 Å². The van der Waals surface area contributed by atoms with Crippen molar-refractivity contribution < 1.29 is 19.4 Å². The monoisotopic (exact) mass is 307 g/mol. The maximum absolute atomic E-state index is 11.5. The van der Waals surface area contributed by atoms with E-state index in [2.05, 4.69) is 15.8 Å². The zero-order valence-electron chi connectivity index (χ0n) is 12.9. The number of phenols is 1. The highest BCUT2D eigenvalue weighted by atomic mass is 16.5. The van der Waals surface area contributed by atoms with Crippen LogP contribution in [0.25, 0.3) is 0 Å². The van der Waals surface area contributed by atoms with Crippen molar-refractivity contribution >= 4 is 18.0 Å². The van der Waals surface area contributed by atoms with Crippen LogP contribution >= 0.6 is 0 Å². The summed E-state index contributed by atoms with van der Waals surface area (Å²) in [5, 5.41) is 16.2. The van der Waals surface area contributed by atoms with E-state index in [1.165, 1.54) is 13.3 Å². The molecule has 0 atom stereocenters. The highest BCUT2D eigenvalue weighted by molar-refractivity contribution is 5.97. The number of aromatic hydroxyl groups is 1. The van der Waals surface area contributed by atoms with Gasteiger partial charge in [-0.05, 0) is 18.1 Å². The molecule has 1 rings (SSSR count). The zero-order valence-corrected chi connectivity index (χ0v) is 12.9. The summed E-state index contributed by atoms with van der Waals surface area (Å²) in [5.74, 6) is -0.326. The Bertz CT molecular complexity index is 556. The molecule has 3 N–H and O–H groups in total. The SMILES string of the molecule is COc1cccc(/C=N/NC(=O)CC(=O)NCC(C)C)c1O. The number of hydrazone groups is 1. The number of para-hydroxylation sites is 1. The number of benzene rings is 1. The van der Waals surface area contributed by atoms with E-state index < -0.39 is 5.91 Å². The number of nitrogens with zero attached hydrogens (tertiary/aromatic N) is 1. The Labute approximate surface area is 129 Å². The van der Waals surface area contributed by atoms with Crippen molar-refractivity contribution in [2.75, 3.05) is 13.7 Å². The van der Waals surface area contributed by atoms with Crippen LogP contribution in [0.2, 0.25) is 0 Å². The fraction of sp³-hybridized carbons (Fsp3) is 0.400. The standard InChI is InChI=1S/C15H21N3O4/c1-10(2)8-16-13(19)7-14(20)18-17-9-11-5-4-6-12(22-3)15(11)21/h4-6,9-10,21H,7-8H2,1-3H3,(H,16,19)(H,18,20)/b17-9+. The normalized spacial score (nSPS) is 10.7. The highest BCUT2D eigenvalue weighted by Crippen LogP contribution is 2.27. The lowest BCUT2D eigenvalue weighted by Gasteiger charge is -2.07. The average Bonchev–Trinajstić information content (AvgIpc) is 2.47. The van der Waals surface area contributed by atoms with Gasteiger partial charge in [0.2, 0.25) is 11.8 Å². The number of ether oxygens (including phenoxy) is 1. The summed E-state index contributed by atoms with van der Waals surface area (Å²) >= 11 is 0. The second-order valence-electron chi connectivity index (χ2n) is 5.07. The second-order valence-corrected chi connectivity index (χ2v) is 5.07. The molecular formula is C15H21N3O4. The van der Waals surface area contributed by atoms with E-state index in [0.29, 0.717) is 23.8 Å². The predicted octanol–water partition coefficient (Wildman–Crippen LogP) is 1.01. The third kappa shape index (κ3) is 5.82. The van der Waals surface area contributed by atoms with E-state index in [1.54, 1.807) is 18.2 Å². The molecular weight excluding hydrogens is 286 g/mol. The van der Waals surface area contributed by atoms with Gasteiger partial charge >= 0.3 is 0 Å². The van der Waals surface area contributed by atoms with E-state index in [-0.39, 0.29) is 18.1 Å². The molecule has 0 aromatic heterocycles. The maximum atomic E-state index is 11.5. The molecule has 1 aromatic carbocycles. The van der Waals surface area contributed by atoms with Crippen LogP contribution in [-0.4, -0.2) is 36.8 Å². The number of nitrogens with one attached hydrogen (secondary N) is 2. The summed E-state index contributed by atoms with van der Waals surface area (Å²) in [6, 6.07) is 4.90. The van der Waals surface area contributed by atoms with E-state index in [1.807, 2.05) is 13.8 Å². The molecule has 1 aromatic rings. The van der Waals surface area contributed by atoms with Crippen LogP contribution < -0.4 is 15.5 Å². The first-order valence-electron chi connectivity index (χ1n) is 6.88. The lowest BCUT2D eigenvalue weighted by molar-refractivity contribution is -0.129. The molecule has 0 saturated heterocycles. The summed E-state index contributed by atoms with van der Waals surface area (Å²) in [5.41, 5.74) is 2.62. The van der Waals surface area contributed by atoms with Gasteiger partial charge in [0, 0.05) is 12.1 Å². The number of carbonyl (C=O) groups excluding carboxylic acids is 2. The molecule has 0 bridgehead atoms. The number of phenolic OH excluding ortho intramolecular Hbond substituents is 1. The Morgan fingerprint density at radius 3 is 2.73 bits per heavy atom. The summed E-state index contributed by atoms with van der Waals surface area (Å²) in [4.78, 5) is 23.0. The molecule has 0 unspecified atom stereocenters. The molecule has 2 amide bonds. The van der Waals surface area contributed by atoms with E-state index >= 15 is 0 Å². The smallest absolute Gasteiger partial charge is 0.249 e. The topological polar surface area (TPSA) is 100 Å². The number of amides is 2. The molecule has 0 fully saturated rings. The van der Waals surface area contributed by atoms with Gasteiger partial charge in [-0.2, -0.15) is 5.10 Å². The first-order valence-corrected chi connectivity index (χ1v) is 6.88. The molecule has 0 radical (unpaired) electrons. The number of hydrogen-bond acceptors (Lipinski definition) is 5. The largest absolute Gasteiger partial charge is 0.504 e. The number of rotatable bonds is 7. The van der Waals surface area contributed by atoms with E-state index in [4.69, 9.17) is 4.74 Å². The molecule has 0 spiro atoms. The molecule has 7 heteroatoms. The minimum atomic E-state index is -0.528. The van der Waals surface area contributed by atoms with Crippen LogP contribution in [0, 0.1) is 5.92 Å². The maximum Gasteiger partial charge on any atom is 0.249 e. The lowest BCUT2D eigenvalue weighted by atomic mass is 10.2. The van der Waals surface area contributed by atoms with Crippen LogP contribution in [-0.2, 0) is 9.59 Å². The number of hydrogen-bond donors (Lipinski definition) is 3. The molecule has 0 heterocycles. The molecule has 0 aliphatic rings. The van der Waals surface area contributed by atoms with Crippen LogP contribution in [0.1, 0.15) is 25.8 Å². The Morgan fingerprint density at radius 1 is 1.36 bits per heavy atom. The fourth-order valence-electron chi connectivity index (χ4n) is 1.55. The highest BCUT2D eigenvalue weighted by Gasteiger charge is 2.09. The minimum Gasteiger partial charge on any atom is -0.504 e. The van der Waals surface area contributed by atoms with Gasteiger partial charge in [0.05, 0.1) is 13.3 Å². The third-order valence-electron chi connectivity index (χ3n) is 2.67. The molecule has 0 saturated carbocycles. The van der Waals surface area contributed by atoms with Gasteiger partial charge in [-0.3, -0.25) is 9.59 Å². The van der Waals surface area contributed by atoms with Crippen molar-refractivity contribution in [1.82, 2.24) is 10.7 Å². The van der Waals surface area contributed by atoms with Crippen molar-refractivity contribution in [3.63, 3.8) is 0 Å². The molecule has 7 nitrogen and oxygen atoms in total. The van der Waals surface area contributed by atoms with Gasteiger partial charge in [0.1, 0.15) is 6.42 Å². The van der Waals surface area contributed by atoms with Gasteiger partial charge in [0.15, 0.2) is 11.5 Å². The van der Waals surface area contributed by atoms with E-state index in [9.17, 15) is 14.7 Å². The Hall–Kier alpha value is -2.57. The Morgan fingerprint density at radius 2 is 2.09 bits per heavy atom. The first-order chi connectivity index (χ1) is 10.4. The minimum absolute atomic E-state index is 0.0716. The van der Waals surface area contributed by atoms with Gasteiger partial charge < -0.3 is 15.2 Å². The van der Waals surface area contributed by atoms with Gasteiger partial charge in [-0.1, -0.05) is 19.9 Å². The van der Waals surface area contributed by atoms with Crippen molar-refractivity contribution in [3.8, 4) is 11.5 Å². The molecule has 0 aliphatic carbocycles. The van der Waals surface area contributed by atoms with E-state index in [0.717, 1.165) is 0 Å². The van der Waals surface area contributed by atoms with Crippen molar-refractivity contribution in [2.45, 2.75) is 20.3 Å². The zero-order chi connectivity index (χ0) is 16.5. The Balaban J connectivity index is 2.48. The number of methoxy groups -OCH3 is 1. The van der Waals surface area contributed by atoms with Crippen LogP contribution in [0.4, 0.5) is 0 Å². The molecule has 120 valence electrons. The summed E-state index contributed by atoms with van der Waals surface area (Å²) in [6.45, 7) is 4.45. The first kappa shape index (κ1) is 17.5. The fourth-order valence-corrected chi connectivity index (χ4v) is 1.55. The van der Waals surface area contributed by atoms with Gasteiger partial charge in [0.25, 0.3) is 0 Å². The lowest BCUT2D eigenvalue weighted by Crippen LogP contribution is -2.32. The Kier molecular flexibility index (Phi) is 6.88. The second kappa shape index (κ2) is 8.66. The molecule has 22 heavy (non-hydrogen) atoms. The third-order valence-corrected chi connectivity index (χ3v) is 2.67. The van der Waals surface area contributed by atoms with Crippen LogP contribution in [0.5, 0.6) is 11.5 Å².